The minimum atomic E-state index is -0.226. The zero-order valence-electron chi connectivity index (χ0n) is 18.0. The molecule has 1 aliphatic heterocycles. The predicted molar refractivity (Wildman–Crippen MR) is 121 cm³/mol. The first-order valence-electron chi connectivity index (χ1n) is 10.5. The Balaban J connectivity index is 1.48. The lowest BCUT2D eigenvalue weighted by molar-refractivity contribution is -0.114. The number of nitrogens with zero attached hydrogens (tertiary/aromatic N) is 1. The molecule has 0 saturated carbocycles. The van der Waals surface area contributed by atoms with Gasteiger partial charge in [-0.25, -0.2) is 0 Å². The van der Waals surface area contributed by atoms with Gasteiger partial charge in [-0.2, -0.15) is 0 Å². The number of anilines is 2. The summed E-state index contributed by atoms with van der Waals surface area (Å²) in [5, 5.41) is 5.82. The van der Waals surface area contributed by atoms with Gasteiger partial charge in [0.15, 0.2) is 0 Å². The third-order valence-corrected chi connectivity index (χ3v) is 5.71. The highest BCUT2D eigenvalue weighted by molar-refractivity contribution is 5.95. The van der Waals surface area contributed by atoms with E-state index in [4.69, 9.17) is 4.42 Å². The third kappa shape index (κ3) is 4.48. The molecule has 31 heavy (non-hydrogen) atoms. The Kier molecular flexibility index (Phi) is 5.80. The monoisotopic (exact) mass is 417 g/mol. The van der Waals surface area contributed by atoms with Crippen molar-refractivity contribution in [3.8, 4) is 0 Å². The van der Waals surface area contributed by atoms with Crippen LogP contribution in [0.25, 0.3) is 0 Å². The van der Waals surface area contributed by atoms with Crippen LogP contribution in [0.3, 0.4) is 0 Å². The highest BCUT2D eigenvalue weighted by Gasteiger charge is 2.28. The fourth-order valence-electron chi connectivity index (χ4n) is 4.14. The van der Waals surface area contributed by atoms with Gasteiger partial charge >= 0.3 is 0 Å². The molecular weight excluding hydrogens is 390 g/mol. The standard InChI is InChI=1S/C25H27N3O3/c1-16-13-20-7-4-5-10-23(20)28(16)15-24-22(11-12-31-24)25(30)26-17(2)19-8-6-9-21(14-19)27-18(3)29/h4-12,14,16-17H,13,15H2,1-3H3,(H,26,30)(H,27,29). The summed E-state index contributed by atoms with van der Waals surface area (Å²) in [4.78, 5) is 26.6. The van der Waals surface area contributed by atoms with Gasteiger partial charge in [0, 0.05) is 24.3 Å². The van der Waals surface area contributed by atoms with E-state index in [1.54, 1.807) is 12.3 Å². The van der Waals surface area contributed by atoms with Crippen LogP contribution in [0.15, 0.2) is 65.3 Å². The molecule has 0 spiro atoms. The van der Waals surface area contributed by atoms with E-state index in [0.717, 1.165) is 12.0 Å². The molecule has 3 aromatic rings. The molecule has 2 unspecified atom stereocenters. The number of amides is 2. The summed E-state index contributed by atoms with van der Waals surface area (Å²) in [6.45, 7) is 6.12. The zero-order chi connectivity index (χ0) is 22.0. The van der Waals surface area contributed by atoms with E-state index in [2.05, 4.69) is 40.7 Å². The molecule has 0 aliphatic carbocycles. The van der Waals surface area contributed by atoms with Crippen molar-refractivity contribution < 1.29 is 14.0 Å². The molecule has 0 fully saturated rings. The maximum absolute atomic E-state index is 13.0. The second-order valence-electron chi connectivity index (χ2n) is 8.07. The number of carbonyl (C=O) groups is 2. The average Bonchev–Trinajstić information content (AvgIpc) is 3.32. The first kappa shape index (κ1) is 20.7. The van der Waals surface area contributed by atoms with Gasteiger partial charge in [-0.15, -0.1) is 0 Å². The van der Waals surface area contributed by atoms with Gasteiger partial charge in [0.1, 0.15) is 5.76 Å². The van der Waals surface area contributed by atoms with Crippen molar-refractivity contribution in [2.45, 2.75) is 45.8 Å². The Morgan fingerprint density at radius 1 is 1.16 bits per heavy atom. The second kappa shape index (κ2) is 8.68. The fraction of sp³-hybridized carbons (Fsp3) is 0.280. The molecule has 2 heterocycles. The molecule has 2 N–H and O–H groups in total. The summed E-state index contributed by atoms with van der Waals surface area (Å²) in [6, 6.07) is 17.7. The lowest BCUT2D eigenvalue weighted by atomic mass is 10.1. The molecule has 2 amide bonds. The first-order valence-corrected chi connectivity index (χ1v) is 10.5. The molecule has 1 aliphatic rings. The molecule has 1 aromatic heterocycles. The largest absolute Gasteiger partial charge is 0.467 e. The van der Waals surface area contributed by atoms with Crippen LogP contribution in [-0.4, -0.2) is 17.9 Å². The SMILES string of the molecule is CC(=O)Nc1cccc(C(C)NC(=O)c2ccoc2CN2c3ccccc3CC2C)c1. The van der Waals surface area contributed by atoms with E-state index in [1.165, 1.54) is 18.2 Å². The molecular formula is C25H27N3O3. The van der Waals surface area contributed by atoms with Crippen molar-refractivity contribution in [3.63, 3.8) is 0 Å². The molecule has 4 rings (SSSR count). The van der Waals surface area contributed by atoms with Crippen LogP contribution in [0, 0.1) is 0 Å². The normalized spacial score (nSPS) is 16.0. The highest BCUT2D eigenvalue weighted by Crippen LogP contribution is 2.33. The van der Waals surface area contributed by atoms with Crippen molar-refractivity contribution in [2.75, 3.05) is 10.2 Å². The average molecular weight is 418 g/mol. The summed E-state index contributed by atoms with van der Waals surface area (Å²) in [5.41, 5.74) is 4.67. The number of nitrogens with one attached hydrogen (secondary N) is 2. The lowest BCUT2D eigenvalue weighted by Gasteiger charge is -2.24. The second-order valence-corrected chi connectivity index (χ2v) is 8.07. The summed E-state index contributed by atoms with van der Waals surface area (Å²) < 4.78 is 5.71. The van der Waals surface area contributed by atoms with Crippen molar-refractivity contribution in [1.29, 1.82) is 0 Å². The number of furan rings is 1. The number of hydrogen-bond acceptors (Lipinski definition) is 4. The Bertz CT molecular complexity index is 1100. The Labute approximate surface area is 182 Å². The molecule has 2 atom stereocenters. The summed E-state index contributed by atoms with van der Waals surface area (Å²) in [5.74, 6) is 0.344. The fourth-order valence-corrected chi connectivity index (χ4v) is 4.14. The van der Waals surface area contributed by atoms with Crippen molar-refractivity contribution in [1.82, 2.24) is 5.32 Å². The van der Waals surface area contributed by atoms with Crippen LogP contribution in [0.4, 0.5) is 11.4 Å². The van der Waals surface area contributed by atoms with Crippen LogP contribution in [0.2, 0.25) is 0 Å². The minimum absolute atomic E-state index is 0.130. The van der Waals surface area contributed by atoms with Gasteiger partial charge < -0.3 is 20.0 Å². The smallest absolute Gasteiger partial charge is 0.255 e. The number of fused-ring (bicyclic) bond motifs is 1. The Morgan fingerprint density at radius 3 is 2.77 bits per heavy atom. The van der Waals surface area contributed by atoms with Crippen LogP contribution in [0.5, 0.6) is 0 Å². The number of rotatable bonds is 6. The number of benzene rings is 2. The minimum Gasteiger partial charge on any atom is -0.467 e. The molecule has 160 valence electrons. The van der Waals surface area contributed by atoms with Crippen LogP contribution in [-0.2, 0) is 17.8 Å². The van der Waals surface area contributed by atoms with Crippen LogP contribution < -0.4 is 15.5 Å². The van der Waals surface area contributed by atoms with E-state index in [0.29, 0.717) is 29.6 Å². The summed E-state index contributed by atoms with van der Waals surface area (Å²) >= 11 is 0. The predicted octanol–water partition coefficient (Wildman–Crippen LogP) is 4.68. The molecule has 6 heteroatoms. The van der Waals surface area contributed by atoms with E-state index in [1.807, 2.05) is 37.3 Å². The van der Waals surface area contributed by atoms with E-state index < -0.39 is 0 Å². The van der Waals surface area contributed by atoms with Gasteiger partial charge in [0.25, 0.3) is 5.91 Å². The Hall–Kier alpha value is -3.54. The van der Waals surface area contributed by atoms with Crippen LogP contribution in [0.1, 0.15) is 54.1 Å². The maximum Gasteiger partial charge on any atom is 0.255 e. The van der Waals surface area contributed by atoms with Gasteiger partial charge in [0.05, 0.1) is 24.4 Å². The van der Waals surface area contributed by atoms with E-state index in [9.17, 15) is 9.59 Å². The number of hydrogen-bond donors (Lipinski definition) is 2. The Morgan fingerprint density at radius 2 is 1.97 bits per heavy atom. The number of para-hydroxylation sites is 1. The zero-order valence-corrected chi connectivity index (χ0v) is 18.0. The molecule has 0 radical (unpaired) electrons. The third-order valence-electron chi connectivity index (χ3n) is 5.71. The molecule has 0 saturated heterocycles. The van der Waals surface area contributed by atoms with E-state index in [-0.39, 0.29) is 17.9 Å². The topological polar surface area (TPSA) is 74.6 Å². The van der Waals surface area contributed by atoms with Gasteiger partial charge in [-0.05, 0) is 55.7 Å². The van der Waals surface area contributed by atoms with E-state index >= 15 is 0 Å². The van der Waals surface area contributed by atoms with Crippen LogP contribution >= 0.6 is 0 Å². The van der Waals surface area contributed by atoms with Crippen molar-refractivity contribution >= 4 is 23.2 Å². The summed E-state index contributed by atoms with van der Waals surface area (Å²) in [6.07, 6.45) is 2.55. The first-order chi connectivity index (χ1) is 14.9. The number of carbonyl (C=O) groups excluding carboxylic acids is 2. The van der Waals surface area contributed by atoms with Gasteiger partial charge in [0.2, 0.25) is 5.91 Å². The van der Waals surface area contributed by atoms with Gasteiger partial charge in [-0.3, -0.25) is 9.59 Å². The lowest BCUT2D eigenvalue weighted by Crippen LogP contribution is -2.31. The quantitative estimate of drug-likeness (QED) is 0.611. The van der Waals surface area contributed by atoms with Gasteiger partial charge in [-0.1, -0.05) is 30.3 Å². The maximum atomic E-state index is 13.0. The molecule has 2 aromatic carbocycles. The van der Waals surface area contributed by atoms with Crippen molar-refractivity contribution in [2.24, 2.45) is 0 Å². The molecule has 0 bridgehead atoms. The summed E-state index contributed by atoms with van der Waals surface area (Å²) in [7, 11) is 0. The highest BCUT2D eigenvalue weighted by atomic mass is 16.3. The molecule has 6 nitrogen and oxygen atoms in total. The van der Waals surface area contributed by atoms with Crippen molar-refractivity contribution in [3.05, 3.63) is 83.3 Å².